The second-order valence-corrected chi connectivity index (χ2v) is 4.37. The normalized spacial score (nSPS) is 9.62. The lowest BCUT2D eigenvalue weighted by Gasteiger charge is -2.07. The monoisotopic (exact) mass is 280 g/mol. The molecule has 21 heavy (non-hydrogen) atoms. The summed E-state index contributed by atoms with van der Waals surface area (Å²) in [6.07, 6.45) is 2.45. The van der Waals surface area contributed by atoms with Crippen LogP contribution in [0.5, 0.6) is 0 Å². The predicted molar refractivity (Wildman–Crippen MR) is 82.0 cm³/mol. The van der Waals surface area contributed by atoms with Gasteiger partial charge in [0.05, 0.1) is 5.56 Å². The van der Waals surface area contributed by atoms with Crippen molar-refractivity contribution in [3.63, 3.8) is 0 Å². The van der Waals surface area contributed by atoms with Crippen molar-refractivity contribution in [1.82, 2.24) is 4.98 Å². The number of anilines is 1. The van der Waals surface area contributed by atoms with Crippen LogP contribution in [0, 0.1) is 11.8 Å². The molecule has 0 fully saturated rings. The molecule has 0 saturated carbocycles. The zero-order chi connectivity index (χ0) is 15.1. The van der Waals surface area contributed by atoms with Crippen LogP contribution in [-0.2, 0) is 6.42 Å². The summed E-state index contributed by atoms with van der Waals surface area (Å²) in [6, 6.07) is 11.1. The molecule has 1 amide bonds. The maximum atomic E-state index is 12.3. The number of aliphatic hydroxyl groups excluding tert-OH is 1. The van der Waals surface area contributed by atoms with Crippen LogP contribution in [0.3, 0.4) is 0 Å². The number of aliphatic hydroxyl groups is 1. The minimum Gasteiger partial charge on any atom is -0.384 e. The van der Waals surface area contributed by atoms with Crippen molar-refractivity contribution in [3.05, 3.63) is 59.4 Å². The number of pyridine rings is 1. The number of nitrogens with zero attached hydrogens (tertiary/aromatic N) is 1. The number of benzene rings is 1. The van der Waals surface area contributed by atoms with Gasteiger partial charge in [0.2, 0.25) is 0 Å². The summed E-state index contributed by atoms with van der Waals surface area (Å²) in [6.45, 7) is 1.80. The topological polar surface area (TPSA) is 62.2 Å². The van der Waals surface area contributed by atoms with Crippen molar-refractivity contribution >= 4 is 11.6 Å². The van der Waals surface area contributed by atoms with Crippen molar-refractivity contribution in [2.24, 2.45) is 0 Å². The summed E-state index contributed by atoms with van der Waals surface area (Å²) >= 11 is 0. The zero-order valence-electron chi connectivity index (χ0n) is 11.8. The first-order valence-electron chi connectivity index (χ1n) is 6.69. The van der Waals surface area contributed by atoms with Crippen LogP contribution in [-0.4, -0.2) is 22.6 Å². The Morgan fingerprint density at radius 1 is 1.33 bits per heavy atom. The number of hydrogen-bond acceptors (Lipinski definition) is 3. The molecule has 0 atom stereocenters. The van der Waals surface area contributed by atoms with Gasteiger partial charge in [-0.2, -0.15) is 0 Å². The van der Waals surface area contributed by atoms with E-state index in [4.69, 9.17) is 5.11 Å². The molecule has 0 aliphatic carbocycles. The van der Waals surface area contributed by atoms with Gasteiger partial charge in [0.25, 0.3) is 5.91 Å². The van der Waals surface area contributed by atoms with Crippen LogP contribution in [0.2, 0.25) is 0 Å². The van der Waals surface area contributed by atoms with Gasteiger partial charge < -0.3 is 10.4 Å². The third kappa shape index (κ3) is 3.91. The van der Waals surface area contributed by atoms with E-state index >= 15 is 0 Å². The fourth-order valence-electron chi connectivity index (χ4n) is 1.88. The number of rotatable bonds is 3. The summed E-state index contributed by atoms with van der Waals surface area (Å²) in [7, 11) is 0. The smallest absolute Gasteiger partial charge is 0.275 e. The minimum atomic E-state index is -0.314. The fourth-order valence-corrected chi connectivity index (χ4v) is 1.88. The van der Waals surface area contributed by atoms with Crippen LogP contribution in [0.1, 0.15) is 28.5 Å². The first kappa shape index (κ1) is 14.8. The van der Waals surface area contributed by atoms with Gasteiger partial charge in [-0.1, -0.05) is 30.9 Å². The molecule has 0 aliphatic rings. The molecule has 1 aromatic carbocycles. The van der Waals surface area contributed by atoms with Gasteiger partial charge in [-0.15, -0.1) is 0 Å². The van der Waals surface area contributed by atoms with Crippen molar-refractivity contribution in [2.45, 2.75) is 13.3 Å². The molecule has 0 spiro atoms. The Kier molecular flexibility index (Phi) is 5.08. The Bertz CT molecular complexity index is 699. The van der Waals surface area contributed by atoms with E-state index in [9.17, 15) is 4.79 Å². The summed E-state index contributed by atoms with van der Waals surface area (Å²) < 4.78 is 0. The quantitative estimate of drug-likeness (QED) is 0.848. The highest BCUT2D eigenvalue weighted by molar-refractivity contribution is 6.04. The van der Waals surface area contributed by atoms with Crippen LogP contribution in [0.25, 0.3) is 0 Å². The molecular formula is C17H16N2O2. The molecule has 4 heteroatoms. The molecule has 2 rings (SSSR count). The van der Waals surface area contributed by atoms with Gasteiger partial charge in [0.15, 0.2) is 0 Å². The lowest BCUT2D eigenvalue weighted by molar-refractivity contribution is 0.102. The van der Waals surface area contributed by atoms with Gasteiger partial charge in [0.1, 0.15) is 12.3 Å². The Morgan fingerprint density at radius 2 is 2.19 bits per heavy atom. The first-order chi connectivity index (χ1) is 10.2. The van der Waals surface area contributed by atoms with E-state index in [1.54, 1.807) is 18.3 Å². The van der Waals surface area contributed by atoms with Crippen LogP contribution < -0.4 is 5.32 Å². The summed E-state index contributed by atoms with van der Waals surface area (Å²) in [5.74, 6) is 4.94. The molecule has 0 bridgehead atoms. The van der Waals surface area contributed by atoms with E-state index in [-0.39, 0.29) is 18.2 Å². The third-order valence-electron chi connectivity index (χ3n) is 2.92. The van der Waals surface area contributed by atoms with Crippen LogP contribution in [0.4, 0.5) is 5.69 Å². The number of carbonyl (C=O) groups excluding carboxylic acids is 1. The average molecular weight is 280 g/mol. The first-order valence-corrected chi connectivity index (χ1v) is 6.69. The molecule has 106 valence electrons. The lowest BCUT2D eigenvalue weighted by atomic mass is 10.1. The standard InChI is InChI=1S/C17H16N2O2/c1-2-13-6-3-9-15(12-13)19-17(21)16-14(8-5-11-20)7-4-10-18-16/h3-4,6-7,9-10,12,20H,2,11H2,1H3,(H,19,21). The van der Waals surface area contributed by atoms with E-state index in [0.29, 0.717) is 5.56 Å². The highest BCUT2D eigenvalue weighted by Crippen LogP contribution is 2.13. The molecular weight excluding hydrogens is 264 g/mol. The maximum absolute atomic E-state index is 12.3. The molecule has 2 N–H and O–H groups in total. The number of amides is 1. The van der Waals surface area contributed by atoms with E-state index < -0.39 is 0 Å². The second kappa shape index (κ2) is 7.22. The number of hydrogen-bond donors (Lipinski definition) is 2. The highest BCUT2D eigenvalue weighted by atomic mass is 16.2. The Hall–Kier alpha value is -2.64. The summed E-state index contributed by atoms with van der Waals surface area (Å²) in [4.78, 5) is 16.4. The molecule has 4 nitrogen and oxygen atoms in total. The Labute approximate surface area is 123 Å². The number of aromatic nitrogens is 1. The second-order valence-electron chi connectivity index (χ2n) is 4.37. The van der Waals surface area contributed by atoms with E-state index in [1.165, 1.54) is 0 Å². The van der Waals surface area contributed by atoms with Crippen molar-refractivity contribution < 1.29 is 9.90 Å². The third-order valence-corrected chi connectivity index (χ3v) is 2.92. The molecule has 2 aromatic rings. The molecule has 0 radical (unpaired) electrons. The molecule has 0 saturated heterocycles. The minimum absolute atomic E-state index is 0.250. The summed E-state index contributed by atoms with van der Waals surface area (Å²) in [5, 5.41) is 11.6. The van der Waals surface area contributed by atoms with Gasteiger partial charge in [-0.25, -0.2) is 4.98 Å². The molecule has 0 unspecified atom stereocenters. The van der Waals surface area contributed by atoms with E-state index in [1.807, 2.05) is 24.3 Å². The zero-order valence-corrected chi connectivity index (χ0v) is 11.8. The van der Waals surface area contributed by atoms with Crippen molar-refractivity contribution in [2.75, 3.05) is 11.9 Å². The van der Waals surface area contributed by atoms with Crippen molar-refractivity contribution in [1.29, 1.82) is 0 Å². The Balaban J connectivity index is 2.24. The summed E-state index contributed by atoms with van der Waals surface area (Å²) in [5.41, 5.74) is 2.62. The van der Waals surface area contributed by atoms with E-state index in [0.717, 1.165) is 17.7 Å². The SMILES string of the molecule is CCc1cccc(NC(=O)c2ncccc2C#CCO)c1. The van der Waals surface area contributed by atoms with Crippen molar-refractivity contribution in [3.8, 4) is 11.8 Å². The van der Waals surface area contributed by atoms with Crippen LogP contribution >= 0.6 is 0 Å². The molecule has 1 heterocycles. The highest BCUT2D eigenvalue weighted by Gasteiger charge is 2.11. The average Bonchev–Trinajstić information content (AvgIpc) is 2.53. The number of aryl methyl sites for hydroxylation is 1. The maximum Gasteiger partial charge on any atom is 0.275 e. The van der Waals surface area contributed by atoms with Gasteiger partial charge in [-0.05, 0) is 36.2 Å². The molecule has 0 aliphatic heterocycles. The predicted octanol–water partition coefficient (Wildman–Crippen LogP) is 2.24. The van der Waals surface area contributed by atoms with Crippen LogP contribution in [0.15, 0.2) is 42.6 Å². The number of carbonyl (C=O) groups is 1. The fraction of sp³-hybridized carbons (Fsp3) is 0.176. The van der Waals surface area contributed by atoms with Gasteiger partial charge in [-0.3, -0.25) is 4.79 Å². The van der Waals surface area contributed by atoms with Gasteiger partial charge >= 0.3 is 0 Å². The number of nitrogens with one attached hydrogen (secondary N) is 1. The molecule has 1 aromatic heterocycles. The van der Waals surface area contributed by atoms with E-state index in [2.05, 4.69) is 29.1 Å². The largest absolute Gasteiger partial charge is 0.384 e. The Morgan fingerprint density at radius 3 is 2.95 bits per heavy atom. The lowest BCUT2D eigenvalue weighted by Crippen LogP contribution is -2.15. The van der Waals surface area contributed by atoms with Gasteiger partial charge in [0, 0.05) is 11.9 Å².